The van der Waals surface area contributed by atoms with Crippen molar-refractivity contribution in [2.24, 2.45) is 5.92 Å². The number of carbonyl (C=O) groups excluding carboxylic acids is 1. The van der Waals surface area contributed by atoms with Crippen LogP contribution >= 0.6 is 12.6 Å². The van der Waals surface area contributed by atoms with E-state index in [4.69, 9.17) is 5.11 Å². The highest BCUT2D eigenvalue weighted by molar-refractivity contribution is 7.80. The summed E-state index contributed by atoms with van der Waals surface area (Å²) in [5.41, 5.74) is 0. The predicted octanol–water partition coefficient (Wildman–Crippen LogP) is 1.46. The van der Waals surface area contributed by atoms with Crippen LogP contribution in [0.5, 0.6) is 0 Å². The second kappa shape index (κ2) is 6.78. The first kappa shape index (κ1) is 13.4. The summed E-state index contributed by atoms with van der Waals surface area (Å²) in [4.78, 5) is 22.6. The highest BCUT2D eigenvalue weighted by Gasteiger charge is 2.25. The molecule has 2 N–H and O–H groups in total. The van der Waals surface area contributed by atoms with Crippen LogP contribution < -0.4 is 5.32 Å². The van der Waals surface area contributed by atoms with Crippen molar-refractivity contribution >= 4 is 24.5 Å². The van der Waals surface area contributed by atoms with Gasteiger partial charge in [-0.05, 0) is 25.0 Å². The molecule has 1 aliphatic carbocycles. The fourth-order valence-corrected chi connectivity index (χ4v) is 2.30. The quantitative estimate of drug-likeness (QED) is 0.642. The predicted molar refractivity (Wildman–Crippen MR) is 64.6 cm³/mol. The zero-order valence-corrected chi connectivity index (χ0v) is 10.2. The highest BCUT2D eigenvalue weighted by Crippen LogP contribution is 2.23. The van der Waals surface area contributed by atoms with Crippen LogP contribution in [-0.4, -0.2) is 28.8 Å². The molecule has 1 atom stereocenters. The zero-order valence-electron chi connectivity index (χ0n) is 9.32. The number of hydrogen-bond acceptors (Lipinski definition) is 3. The van der Waals surface area contributed by atoms with E-state index in [1.807, 2.05) is 0 Å². The molecule has 0 radical (unpaired) electrons. The number of carboxylic acids is 1. The molecule has 0 spiro atoms. The minimum absolute atomic E-state index is 0.00974. The molecule has 0 aliphatic heterocycles. The van der Waals surface area contributed by atoms with E-state index in [0.717, 1.165) is 25.7 Å². The van der Waals surface area contributed by atoms with Crippen LogP contribution in [0.3, 0.4) is 0 Å². The Balaban J connectivity index is 2.43. The van der Waals surface area contributed by atoms with Gasteiger partial charge in [0.25, 0.3) is 0 Å². The number of thiol groups is 1. The van der Waals surface area contributed by atoms with Crippen LogP contribution in [0.15, 0.2) is 0 Å². The van der Waals surface area contributed by atoms with E-state index in [0.29, 0.717) is 12.2 Å². The van der Waals surface area contributed by atoms with Gasteiger partial charge >= 0.3 is 5.97 Å². The topological polar surface area (TPSA) is 66.4 Å². The standard InChI is InChI=1S/C11H19NO3S/c13-10(8-4-2-1-3-5-8)12-9(6-7-16)11(14)15/h8-9,16H,1-7H2,(H,12,13)(H,14,15)/t9-/m0/s1. The second-order valence-electron chi connectivity index (χ2n) is 4.25. The normalized spacial score (nSPS) is 19.1. The molecule has 1 rings (SSSR count). The minimum atomic E-state index is -0.974. The summed E-state index contributed by atoms with van der Waals surface area (Å²) in [6, 6.07) is -0.785. The largest absolute Gasteiger partial charge is 0.480 e. The number of hydrogen-bond donors (Lipinski definition) is 3. The molecule has 0 aromatic rings. The summed E-state index contributed by atoms with van der Waals surface area (Å²) in [6.07, 6.45) is 5.47. The van der Waals surface area contributed by atoms with E-state index in [2.05, 4.69) is 17.9 Å². The van der Waals surface area contributed by atoms with Crippen molar-refractivity contribution in [3.05, 3.63) is 0 Å². The Bertz CT molecular complexity index is 252. The second-order valence-corrected chi connectivity index (χ2v) is 4.69. The van der Waals surface area contributed by atoms with Gasteiger partial charge in [0.1, 0.15) is 6.04 Å². The third-order valence-corrected chi connectivity index (χ3v) is 3.27. The van der Waals surface area contributed by atoms with E-state index in [1.54, 1.807) is 0 Å². The van der Waals surface area contributed by atoms with Crippen molar-refractivity contribution in [3.8, 4) is 0 Å². The number of rotatable bonds is 5. The molecule has 1 aliphatic rings. The zero-order chi connectivity index (χ0) is 12.0. The van der Waals surface area contributed by atoms with Crippen LogP contribution in [-0.2, 0) is 9.59 Å². The summed E-state index contributed by atoms with van der Waals surface area (Å²) in [5.74, 6) is -0.607. The van der Waals surface area contributed by atoms with E-state index in [-0.39, 0.29) is 11.8 Å². The molecule has 0 aromatic heterocycles. The molecule has 1 fully saturated rings. The van der Waals surface area contributed by atoms with Crippen LogP contribution in [0.4, 0.5) is 0 Å². The van der Waals surface area contributed by atoms with Crippen molar-refractivity contribution in [2.45, 2.75) is 44.6 Å². The van der Waals surface area contributed by atoms with Crippen LogP contribution in [0.25, 0.3) is 0 Å². The Morgan fingerprint density at radius 1 is 1.31 bits per heavy atom. The molecule has 5 heteroatoms. The van der Waals surface area contributed by atoms with Gasteiger partial charge in [-0.2, -0.15) is 12.6 Å². The van der Waals surface area contributed by atoms with E-state index < -0.39 is 12.0 Å². The molecular formula is C11H19NO3S. The molecule has 1 saturated carbocycles. The molecule has 0 unspecified atom stereocenters. The van der Waals surface area contributed by atoms with E-state index >= 15 is 0 Å². The van der Waals surface area contributed by atoms with Gasteiger partial charge in [-0.3, -0.25) is 4.79 Å². The van der Waals surface area contributed by atoms with Gasteiger partial charge in [0.15, 0.2) is 0 Å². The van der Waals surface area contributed by atoms with E-state index in [9.17, 15) is 9.59 Å². The number of carboxylic acid groups (broad SMARTS) is 1. The minimum Gasteiger partial charge on any atom is -0.480 e. The molecular weight excluding hydrogens is 226 g/mol. The van der Waals surface area contributed by atoms with Gasteiger partial charge in [0, 0.05) is 5.92 Å². The average molecular weight is 245 g/mol. The molecule has 0 aromatic carbocycles. The Morgan fingerprint density at radius 3 is 2.44 bits per heavy atom. The van der Waals surface area contributed by atoms with Crippen LogP contribution in [0.1, 0.15) is 38.5 Å². The number of amides is 1. The molecule has 4 nitrogen and oxygen atoms in total. The Labute approximate surface area is 101 Å². The van der Waals surface area contributed by atoms with Gasteiger partial charge in [0.2, 0.25) is 5.91 Å². The van der Waals surface area contributed by atoms with Crippen molar-refractivity contribution < 1.29 is 14.7 Å². The SMILES string of the molecule is O=C(N[C@@H](CCS)C(=O)O)C1CCCCC1. The lowest BCUT2D eigenvalue weighted by atomic mass is 9.88. The number of carbonyl (C=O) groups is 2. The smallest absolute Gasteiger partial charge is 0.326 e. The highest BCUT2D eigenvalue weighted by atomic mass is 32.1. The summed E-state index contributed by atoms with van der Waals surface area (Å²) >= 11 is 3.99. The lowest BCUT2D eigenvalue weighted by Crippen LogP contribution is -2.44. The summed E-state index contributed by atoms with van der Waals surface area (Å²) < 4.78 is 0. The van der Waals surface area contributed by atoms with Crippen molar-refractivity contribution in [3.63, 3.8) is 0 Å². The van der Waals surface area contributed by atoms with Gasteiger partial charge in [-0.15, -0.1) is 0 Å². The molecule has 0 heterocycles. The summed E-state index contributed by atoms with van der Waals surface area (Å²) in [5, 5.41) is 11.5. The van der Waals surface area contributed by atoms with Crippen molar-refractivity contribution in [2.75, 3.05) is 5.75 Å². The monoisotopic (exact) mass is 245 g/mol. The number of nitrogens with one attached hydrogen (secondary N) is 1. The first-order valence-corrected chi connectivity index (χ1v) is 6.42. The molecule has 0 bridgehead atoms. The van der Waals surface area contributed by atoms with Crippen molar-refractivity contribution in [1.29, 1.82) is 0 Å². The first-order chi connectivity index (χ1) is 7.65. The van der Waals surface area contributed by atoms with E-state index in [1.165, 1.54) is 6.42 Å². The molecule has 1 amide bonds. The maximum absolute atomic E-state index is 11.8. The van der Waals surface area contributed by atoms with Crippen molar-refractivity contribution in [1.82, 2.24) is 5.32 Å². The lowest BCUT2D eigenvalue weighted by Gasteiger charge is -2.23. The Morgan fingerprint density at radius 2 is 1.94 bits per heavy atom. The van der Waals surface area contributed by atoms with Gasteiger partial charge < -0.3 is 10.4 Å². The van der Waals surface area contributed by atoms with Gasteiger partial charge in [-0.1, -0.05) is 19.3 Å². The fourth-order valence-electron chi connectivity index (χ4n) is 2.04. The molecule has 16 heavy (non-hydrogen) atoms. The van der Waals surface area contributed by atoms with Crippen LogP contribution in [0, 0.1) is 5.92 Å². The Hall–Kier alpha value is -0.710. The third-order valence-electron chi connectivity index (χ3n) is 3.01. The first-order valence-electron chi connectivity index (χ1n) is 5.79. The fraction of sp³-hybridized carbons (Fsp3) is 0.818. The average Bonchev–Trinajstić information content (AvgIpc) is 2.29. The third kappa shape index (κ3) is 4.04. The maximum atomic E-state index is 11.8. The number of aliphatic carboxylic acids is 1. The summed E-state index contributed by atoms with van der Waals surface area (Å²) in [6.45, 7) is 0. The lowest BCUT2D eigenvalue weighted by molar-refractivity contribution is -0.142. The van der Waals surface area contributed by atoms with Gasteiger partial charge in [0.05, 0.1) is 0 Å². The Kier molecular flexibility index (Phi) is 5.66. The summed E-state index contributed by atoms with van der Waals surface area (Å²) in [7, 11) is 0. The van der Waals surface area contributed by atoms with Gasteiger partial charge in [-0.25, -0.2) is 4.79 Å². The molecule has 92 valence electrons. The van der Waals surface area contributed by atoms with Crippen LogP contribution in [0.2, 0.25) is 0 Å². The molecule has 0 saturated heterocycles. The maximum Gasteiger partial charge on any atom is 0.326 e.